The molecule has 0 radical (unpaired) electrons. The zero-order valence-electron chi connectivity index (χ0n) is 11.8. The van der Waals surface area contributed by atoms with Crippen LogP contribution < -0.4 is 5.32 Å². The van der Waals surface area contributed by atoms with Crippen LogP contribution in [-0.4, -0.2) is 7.05 Å². The van der Waals surface area contributed by atoms with Crippen LogP contribution >= 0.6 is 27.5 Å². The molecule has 1 atom stereocenters. The van der Waals surface area contributed by atoms with E-state index >= 15 is 0 Å². The van der Waals surface area contributed by atoms with Crippen LogP contribution in [-0.2, 0) is 12.8 Å². The summed E-state index contributed by atoms with van der Waals surface area (Å²) in [5, 5.41) is 4.14. The molecule has 0 heterocycles. The molecule has 1 unspecified atom stereocenters. The summed E-state index contributed by atoms with van der Waals surface area (Å²) in [4.78, 5) is 0. The lowest BCUT2D eigenvalue weighted by atomic mass is 9.98. The van der Waals surface area contributed by atoms with Crippen molar-refractivity contribution in [2.45, 2.75) is 25.8 Å². The van der Waals surface area contributed by atoms with Crippen molar-refractivity contribution in [3.8, 4) is 0 Å². The topological polar surface area (TPSA) is 12.0 Å². The lowest BCUT2D eigenvalue weighted by Gasteiger charge is -2.18. The van der Waals surface area contributed by atoms with E-state index in [-0.39, 0.29) is 6.04 Å². The van der Waals surface area contributed by atoms with Crippen molar-refractivity contribution in [1.29, 1.82) is 0 Å². The van der Waals surface area contributed by atoms with E-state index in [9.17, 15) is 0 Å². The van der Waals surface area contributed by atoms with Gasteiger partial charge in [0.15, 0.2) is 0 Å². The zero-order valence-corrected chi connectivity index (χ0v) is 14.1. The first-order chi connectivity index (χ1) is 9.63. The Kier molecular flexibility index (Phi) is 5.64. The van der Waals surface area contributed by atoms with Crippen LogP contribution in [0.3, 0.4) is 0 Å². The van der Waals surface area contributed by atoms with Gasteiger partial charge in [-0.05, 0) is 48.7 Å². The van der Waals surface area contributed by atoms with Crippen molar-refractivity contribution in [1.82, 2.24) is 5.32 Å². The third-order valence-electron chi connectivity index (χ3n) is 3.56. The number of likely N-dealkylation sites (N-methyl/N-ethyl adjacent to an activating group) is 1. The van der Waals surface area contributed by atoms with Crippen LogP contribution in [0.4, 0.5) is 0 Å². The van der Waals surface area contributed by atoms with Gasteiger partial charge in [-0.3, -0.25) is 0 Å². The molecule has 0 aliphatic rings. The lowest BCUT2D eigenvalue weighted by molar-refractivity contribution is 0.589. The van der Waals surface area contributed by atoms with Gasteiger partial charge in [-0.1, -0.05) is 64.8 Å². The third-order valence-corrected chi connectivity index (χ3v) is 4.48. The second kappa shape index (κ2) is 7.26. The molecule has 0 aliphatic carbocycles. The van der Waals surface area contributed by atoms with Crippen LogP contribution in [0.2, 0.25) is 5.02 Å². The highest BCUT2D eigenvalue weighted by atomic mass is 79.9. The molecule has 1 N–H and O–H groups in total. The maximum absolute atomic E-state index is 6.01. The Hall–Kier alpha value is -0.830. The average molecular weight is 353 g/mol. The van der Waals surface area contributed by atoms with E-state index in [0.29, 0.717) is 0 Å². The summed E-state index contributed by atoms with van der Waals surface area (Å²) >= 11 is 9.61. The lowest BCUT2D eigenvalue weighted by Crippen LogP contribution is -2.19. The van der Waals surface area contributed by atoms with Crippen molar-refractivity contribution in [3.63, 3.8) is 0 Å². The molecular weight excluding hydrogens is 334 g/mol. The Bertz CT molecular complexity index is 566. The van der Waals surface area contributed by atoms with E-state index in [1.165, 1.54) is 16.7 Å². The Morgan fingerprint density at radius 2 is 1.75 bits per heavy atom. The summed E-state index contributed by atoms with van der Waals surface area (Å²) in [6.07, 6.45) is 2.04. The summed E-state index contributed by atoms with van der Waals surface area (Å²) in [6, 6.07) is 15.1. The summed E-state index contributed by atoms with van der Waals surface area (Å²) in [7, 11) is 1.99. The van der Waals surface area contributed by atoms with Gasteiger partial charge in [-0.15, -0.1) is 0 Å². The van der Waals surface area contributed by atoms with Gasteiger partial charge in [-0.2, -0.15) is 0 Å². The van der Waals surface area contributed by atoms with Gasteiger partial charge in [0.2, 0.25) is 0 Å². The van der Waals surface area contributed by atoms with E-state index in [1.807, 2.05) is 19.2 Å². The second-order valence-corrected chi connectivity index (χ2v) is 6.17. The molecule has 3 heteroatoms. The number of benzene rings is 2. The number of nitrogens with one attached hydrogen (secondary N) is 1. The maximum atomic E-state index is 6.01. The first-order valence-electron chi connectivity index (χ1n) is 6.84. The van der Waals surface area contributed by atoms with E-state index in [2.05, 4.69) is 58.5 Å². The minimum absolute atomic E-state index is 0.272. The summed E-state index contributed by atoms with van der Waals surface area (Å²) in [6.45, 7) is 2.18. The van der Waals surface area contributed by atoms with E-state index in [4.69, 9.17) is 11.6 Å². The number of rotatable bonds is 5. The highest BCUT2D eigenvalue weighted by molar-refractivity contribution is 9.10. The number of hydrogen-bond acceptors (Lipinski definition) is 1. The van der Waals surface area contributed by atoms with Crippen LogP contribution in [0, 0.1) is 0 Å². The van der Waals surface area contributed by atoms with E-state index < -0.39 is 0 Å². The number of aryl methyl sites for hydroxylation is 1. The molecule has 0 bridgehead atoms. The van der Waals surface area contributed by atoms with Crippen LogP contribution in [0.25, 0.3) is 0 Å². The standard InChI is InChI=1S/C17H19BrClN/c1-3-12-4-6-13(7-5-12)10-17(20-2)15-9-8-14(19)11-16(15)18/h4-9,11,17,20H,3,10H2,1-2H3. The molecule has 0 aromatic heterocycles. The number of halogens is 2. The van der Waals surface area contributed by atoms with Crippen LogP contribution in [0.15, 0.2) is 46.9 Å². The zero-order chi connectivity index (χ0) is 14.5. The predicted octanol–water partition coefficient (Wildman–Crippen LogP) is 5.17. The Balaban J connectivity index is 2.19. The van der Waals surface area contributed by atoms with Gasteiger partial charge in [0.1, 0.15) is 0 Å². The van der Waals surface area contributed by atoms with Crippen molar-refractivity contribution in [2.75, 3.05) is 7.05 Å². The fraction of sp³-hybridized carbons (Fsp3) is 0.294. The second-order valence-electron chi connectivity index (χ2n) is 4.88. The molecule has 0 saturated carbocycles. The Labute approximate surface area is 134 Å². The van der Waals surface area contributed by atoms with Gasteiger partial charge in [0.05, 0.1) is 0 Å². The normalized spacial score (nSPS) is 12.4. The molecule has 0 saturated heterocycles. The SMILES string of the molecule is CCc1ccc(CC(NC)c2ccc(Cl)cc2Br)cc1. The largest absolute Gasteiger partial charge is 0.313 e. The van der Waals surface area contributed by atoms with Crippen molar-refractivity contribution in [3.05, 3.63) is 68.7 Å². The van der Waals surface area contributed by atoms with Gasteiger partial charge < -0.3 is 5.32 Å². The van der Waals surface area contributed by atoms with Crippen molar-refractivity contribution < 1.29 is 0 Å². The number of hydrogen-bond donors (Lipinski definition) is 1. The first kappa shape index (κ1) is 15.6. The van der Waals surface area contributed by atoms with E-state index in [1.54, 1.807) is 0 Å². The molecule has 106 valence electrons. The molecule has 2 rings (SSSR count). The van der Waals surface area contributed by atoms with Gasteiger partial charge in [0, 0.05) is 15.5 Å². The molecule has 0 fully saturated rings. The molecule has 20 heavy (non-hydrogen) atoms. The highest BCUT2D eigenvalue weighted by Crippen LogP contribution is 2.28. The fourth-order valence-corrected chi connectivity index (χ4v) is 3.26. The van der Waals surface area contributed by atoms with Gasteiger partial charge in [-0.25, -0.2) is 0 Å². The van der Waals surface area contributed by atoms with Gasteiger partial charge in [0.25, 0.3) is 0 Å². The fourth-order valence-electron chi connectivity index (χ4n) is 2.30. The first-order valence-corrected chi connectivity index (χ1v) is 8.01. The minimum Gasteiger partial charge on any atom is -0.313 e. The third kappa shape index (κ3) is 3.85. The molecule has 2 aromatic carbocycles. The minimum atomic E-state index is 0.272. The Morgan fingerprint density at radius 3 is 2.30 bits per heavy atom. The van der Waals surface area contributed by atoms with Gasteiger partial charge >= 0.3 is 0 Å². The average Bonchev–Trinajstić information content (AvgIpc) is 2.46. The molecule has 0 amide bonds. The maximum Gasteiger partial charge on any atom is 0.0417 e. The molecule has 1 nitrogen and oxygen atoms in total. The summed E-state index contributed by atoms with van der Waals surface area (Å²) in [5.74, 6) is 0. The van der Waals surface area contributed by atoms with E-state index in [0.717, 1.165) is 22.3 Å². The smallest absolute Gasteiger partial charge is 0.0417 e. The van der Waals surface area contributed by atoms with Crippen molar-refractivity contribution >= 4 is 27.5 Å². The van der Waals surface area contributed by atoms with Crippen LogP contribution in [0.5, 0.6) is 0 Å². The van der Waals surface area contributed by atoms with Crippen molar-refractivity contribution in [2.24, 2.45) is 0 Å². The summed E-state index contributed by atoms with van der Waals surface area (Å²) < 4.78 is 1.05. The molecular formula is C17H19BrClN. The molecule has 0 spiro atoms. The highest BCUT2D eigenvalue weighted by Gasteiger charge is 2.13. The predicted molar refractivity (Wildman–Crippen MR) is 90.5 cm³/mol. The quantitative estimate of drug-likeness (QED) is 0.783. The molecule has 2 aromatic rings. The monoisotopic (exact) mass is 351 g/mol. The summed E-state index contributed by atoms with van der Waals surface area (Å²) in [5.41, 5.74) is 3.95. The molecule has 0 aliphatic heterocycles. The van der Waals surface area contributed by atoms with Crippen LogP contribution in [0.1, 0.15) is 29.7 Å². The Morgan fingerprint density at radius 1 is 1.10 bits per heavy atom.